The van der Waals surface area contributed by atoms with Crippen molar-refractivity contribution in [2.75, 3.05) is 50.7 Å². The van der Waals surface area contributed by atoms with Crippen molar-refractivity contribution in [1.82, 2.24) is 0 Å². The van der Waals surface area contributed by atoms with Gasteiger partial charge in [-0.2, -0.15) is 0 Å². The highest BCUT2D eigenvalue weighted by molar-refractivity contribution is 9.10. The Kier molecular flexibility index (Phi) is 6.53. The van der Waals surface area contributed by atoms with Gasteiger partial charge in [0.15, 0.2) is 0 Å². The third-order valence-electron chi connectivity index (χ3n) is 4.43. The number of hydrogen-bond acceptors (Lipinski definition) is 6. The summed E-state index contributed by atoms with van der Waals surface area (Å²) in [5.41, 5.74) is 2.14. The van der Waals surface area contributed by atoms with E-state index in [-0.39, 0.29) is 5.91 Å². The van der Waals surface area contributed by atoms with Gasteiger partial charge in [-0.25, -0.2) is 4.79 Å². The van der Waals surface area contributed by atoms with Crippen LogP contribution in [0, 0.1) is 0 Å². The number of anilines is 2. The van der Waals surface area contributed by atoms with Crippen LogP contribution in [-0.4, -0.2) is 52.4 Å². The minimum Gasteiger partial charge on any atom is -0.496 e. The van der Waals surface area contributed by atoms with E-state index in [1.54, 1.807) is 37.4 Å². The molecule has 0 bridgehead atoms. The monoisotopic (exact) mass is 448 g/mol. The Bertz CT molecular complexity index is 881. The molecule has 7 nitrogen and oxygen atoms in total. The lowest BCUT2D eigenvalue weighted by molar-refractivity contribution is 0.0600. The van der Waals surface area contributed by atoms with Crippen LogP contribution in [0.2, 0.25) is 0 Å². The molecule has 1 amide bonds. The summed E-state index contributed by atoms with van der Waals surface area (Å²) in [6.45, 7) is 2.59. The van der Waals surface area contributed by atoms with E-state index in [1.807, 2.05) is 6.07 Å². The van der Waals surface area contributed by atoms with Crippen LogP contribution in [0.15, 0.2) is 40.9 Å². The molecule has 148 valence electrons. The first-order chi connectivity index (χ1) is 13.5. The third kappa shape index (κ3) is 4.45. The summed E-state index contributed by atoms with van der Waals surface area (Å²) in [6, 6.07) is 10.3. The maximum atomic E-state index is 12.6. The summed E-state index contributed by atoms with van der Waals surface area (Å²) in [6.07, 6.45) is 0. The smallest absolute Gasteiger partial charge is 0.340 e. The molecule has 0 aromatic heterocycles. The van der Waals surface area contributed by atoms with Gasteiger partial charge in [0.1, 0.15) is 5.75 Å². The number of benzene rings is 2. The van der Waals surface area contributed by atoms with Gasteiger partial charge in [0.2, 0.25) is 0 Å². The second-order valence-electron chi connectivity index (χ2n) is 6.13. The van der Waals surface area contributed by atoms with Gasteiger partial charge < -0.3 is 24.4 Å². The fourth-order valence-electron chi connectivity index (χ4n) is 2.98. The first-order valence-corrected chi connectivity index (χ1v) is 9.52. The van der Waals surface area contributed by atoms with Crippen LogP contribution in [0.25, 0.3) is 0 Å². The fourth-order valence-corrected chi connectivity index (χ4v) is 3.52. The number of carbonyl (C=O) groups excluding carboxylic acids is 2. The summed E-state index contributed by atoms with van der Waals surface area (Å²) < 4.78 is 16.2. The molecule has 2 aromatic carbocycles. The summed E-state index contributed by atoms with van der Waals surface area (Å²) in [5.74, 6) is -0.109. The number of hydrogen-bond donors (Lipinski definition) is 1. The Morgan fingerprint density at radius 2 is 1.86 bits per heavy atom. The zero-order chi connectivity index (χ0) is 20.1. The zero-order valence-electron chi connectivity index (χ0n) is 15.7. The van der Waals surface area contributed by atoms with Gasteiger partial charge in [-0.05, 0) is 52.3 Å². The molecule has 0 radical (unpaired) electrons. The molecule has 1 N–H and O–H groups in total. The number of ether oxygens (including phenoxy) is 3. The molecule has 0 aliphatic carbocycles. The lowest BCUT2D eigenvalue weighted by Gasteiger charge is -2.30. The topological polar surface area (TPSA) is 77.1 Å². The number of rotatable bonds is 5. The van der Waals surface area contributed by atoms with Crippen molar-refractivity contribution >= 4 is 39.2 Å². The highest BCUT2D eigenvalue weighted by Gasteiger charge is 2.20. The molecule has 1 fully saturated rings. The van der Waals surface area contributed by atoms with Crippen LogP contribution < -0.4 is 15.0 Å². The summed E-state index contributed by atoms with van der Waals surface area (Å²) in [4.78, 5) is 26.9. The van der Waals surface area contributed by atoms with E-state index in [2.05, 4.69) is 26.1 Å². The van der Waals surface area contributed by atoms with Crippen LogP contribution in [0.3, 0.4) is 0 Å². The lowest BCUT2D eigenvalue weighted by atomic mass is 10.1. The number of nitrogens with zero attached hydrogens (tertiary/aromatic N) is 1. The summed E-state index contributed by atoms with van der Waals surface area (Å²) in [7, 11) is 2.90. The Labute approximate surface area is 171 Å². The fraction of sp³-hybridized carbons (Fsp3) is 0.300. The maximum absolute atomic E-state index is 12.6. The van der Waals surface area contributed by atoms with E-state index in [9.17, 15) is 9.59 Å². The second kappa shape index (κ2) is 9.07. The predicted octanol–water partition coefficient (Wildman–Crippen LogP) is 3.33. The standard InChI is InChI=1S/C20H21BrN2O5/c1-26-18-6-3-13(11-16(18)21)19(24)22-14-4-5-17(15(12-14)20(25)27-2)23-7-9-28-10-8-23/h3-6,11-12H,7-10H2,1-2H3,(H,22,24). The normalized spacial score (nSPS) is 13.8. The predicted molar refractivity (Wildman–Crippen MR) is 109 cm³/mol. The average Bonchev–Trinajstić information content (AvgIpc) is 2.73. The van der Waals surface area contributed by atoms with Crippen molar-refractivity contribution in [3.63, 3.8) is 0 Å². The molecule has 8 heteroatoms. The second-order valence-corrected chi connectivity index (χ2v) is 6.98. The molecule has 0 saturated carbocycles. The van der Waals surface area contributed by atoms with Crippen LogP contribution in [0.4, 0.5) is 11.4 Å². The highest BCUT2D eigenvalue weighted by atomic mass is 79.9. The summed E-state index contributed by atoms with van der Waals surface area (Å²) >= 11 is 3.37. The molecule has 0 atom stereocenters. The van der Waals surface area contributed by atoms with Gasteiger partial charge in [-0.3, -0.25) is 4.79 Å². The molecule has 1 aliphatic heterocycles. The first-order valence-electron chi connectivity index (χ1n) is 8.73. The molecule has 3 rings (SSSR count). The van der Waals surface area contributed by atoms with Crippen molar-refractivity contribution in [2.45, 2.75) is 0 Å². The maximum Gasteiger partial charge on any atom is 0.340 e. The minimum absolute atomic E-state index is 0.293. The first kappa shape index (κ1) is 20.2. The highest BCUT2D eigenvalue weighted by Crippen LogP contribution is 2.28. The summed E-state index contributed by atoms with van der Waals surface area (Å²) in [5, 5.41) is 2.82. The molecule has 0 spiro atoms. The molecule has 2 aromatic rings. The quantitative estimate of drug-likeness (QED) is 0.706. The molecular formula is C20H21BrN2O5. The molecule has 1 heterocycles. The van der Waals surface area contributed by atoms with Crippen LogP contribution in [0.1, 0.15) is 20.7 Å². The van der Waals surface area contributed by atoms with Crippen molar-refractivity contribution in [3.05, 3.63) is 52.0 Å². The van der Waals surface area contributed by atoms with E-state index >= 15 is 0 Å². The number of morpholine rings is 1. The van der Waals surface area contributed by atoms with Crippen molar-refractivity contribution in [3.8, 4) is 5.75 Å². The Hall–Kier alpha value is -2.58. The van der Waals surface area contributed by atoms with E-state index in [1.165, 1.54) is 7.11 Å². The Balaban J connectivity index is 1.84. The van der Waals surface area contributed by atoms with Gasteiger partial charge in [-0.15, -0.1) is 0 Å². The van der Waals surface area contributed by atoms with Crippen molar-refractivity contribution in [1.29, 1.82) is 0 Å². The number of carbonyl (C=O) groups is 2. The molecule has 28 heavy (non-hydrogen) atoms. The van der Waals surface area contributed by atoms with Crippen LogP contribution in [-0.2, 0) is 9.47 Å². The van der Waals surface area contributed by atoms with Crippen LogP contribution >= 0.6 is 15.9 Å². The average molecular weight is 449 g/mol. The van der Waals surface area contributed by atoms with Crippen molar-refractivity contribution in [2.24, 2.45) is 0 Å². The number of methoxy groups -OCH3 is 2. The van der Waals surface area contributed by atoms with Gasteiger partial charge in [-0.1, -0.05) is 0 Å². The molecular weight excluding hydrogens is 428 g/mol. The SMILES string of the molecule is COC(=O)c1cc(NC(=O)c2ccc(OC)c(Br)c2)ccc1N1CCOCC1. The van der Waals surface area contributed by atoms with E-state index < -0.39 is 5.97 Å². The number of nitrogens with one attached hydrogen (secondary N) is 1. The number of amides is 1. The van der Waals surface area contributed by atoms with Crippen LogP contribution in [0.5, 0.6) is 5.75 Å². The zero-order valence-corrected chi connectivity index (χ0v) is 17.2. The van der Waals surface area contributed by atoms with Gasteiger partial charge in [0.05, 0.1) is 43.2 Å². The molecule has 1 saturated heterocycles. The Morgan fingerprint density at radius 1 is 1.11 bits per heavy atom. The van der Waals surface area contributed by atoms with E-state index in [0.717, 1.165) is 5.69 Å². The van der Waals surface area contributed by atoms with Gasteiger partial charge in [0, 0.05) is 24.3 Å². The van der Waals surface area contributed by atoms with E-state index in [0.29, 0.717) is 53.3 Å². The third-order valence-corrected chi connectivity index (χ3v) is 5.05. The number of esters is 1. The van der Waals surface area contributed by atoms with E-state index in [4.69, 9.17) is 14.2 Å². The molecule has 0 unspecified atom stereocenters. The number of halogens is 1. The lowest BCUT2D eigenvalue weighted by Crippen LogP contribution is -2.37. The largest absolute Gasteiger partial charge is 0.496 e. The molecule has 1 aliphatic rings. The van der Waals surface area contributed by atoms with Gasteiger partial charge >= 0.3 is 5.97 Å². The minimum atomic E-state index is -0.454. The van der Waals surface area contributed by atoms with Gasteiger partial charge in [0.25, 0.3) is 5.91 Å². The van der Waals surface area contributed by atoms with Crippen molar-refractivity contribution < 1.29 is 23.8 Å². The Morgan fingerprint density at radius 3 is 2.50 bits per heavy atom.